The van der Waals surface area contributed by atoms with E-state index >= 15 is 0 Å². The Morgan fingerprint density at radius 3 is 2.73 bits per heavy atom. The Morgan fingerprint density at radius 2 is 2.00 bits per heavy atom. The molecule has 0 aliphatic carbocycles. The van der Waals surface area contributed by atoms with Gasteiger partial charge in [0.05, 0.1) is 5.54 Å². The summed E-state index contributed by atoms with van der Waals surface area (Å²) in [5.74, 6) is 1.66. The lowest BCUT2D eigenvalue weighted by Gasteiger charge is -2.39. The van der Waals surface area contributed by atoms with Crippen molar-refractivity contribution >= 4 is 6.03 Å². The Hall–Kier alpha value is -1.95. The molecule has 0 saturated carbocycles. The van der Waals surface area contributed by atoms with Crippen LogP contribution >= 0.6 is 0 Å². The maximum atomic E-state index is 12.6. The van der Waals surface area contributed by atoms with Crippen LogP contribution in [0.25, 0.3) is 0 Å². The number of hydrogen-bond acceptors (Lipinski definition) is 4. The molecule has 142 valence electrons. The number of rotatable bonds is 3. The van der Waals surface area contributed by atoms with Gasteiger partial charge >= 0.3 is 6.03 Å². The number of likely N-dealkylation sites (N-methyl/N-ethyl adjacent to an activating group) is 1. The van der Waals surface area contributed by atoms with Crippen LogP contribution in [0, 0.1) is 0 Å². The summed E-state index contributed by atoms with van der Waals surface area (Å²) in [5.41, 5.74) is -0.0939. The second-order valence-corrected chi connectivity index (χ2v) is 8.34. The first-order valence-electron chi connectivity index (χ1n) is 9.59. The van der Waals surface area contributed by atoms with Gasteiger partial charge in [-0.25, -0.2) is 4.79 Å². The summed E-state index contributed by atoms with van der Waals surface area (Å²) in [5, 5.41) is 0. The van der Waals surface area contributed by atoms with Crippen molar-refractivity contribution in [1.29, 1.82) is 0 Å². The van der Waals surface area contributed by atoms with E-state index in [0.29, 0.717) is 6.61 Å². The summed E-state index contributed by atoms with van der Waals surface area (Å²) >= 11 is 0. The minimum atomic E-state index is -0.0939. The number of urea groups is 1. The molecule has 0 N–H and O–H groups in total. The van der Waals surface area contributed by atoms with Crippen LogP contribution < -0.4 is 9.47 Å². The van der Waals surface area contributed by atoms with Crippen LogP contribution in [0.15, 0.2) is 24.3 Å². The molecule has 2 amide bonds. The molecule has 0 aromatic heterocycles. The molecule has 1 aromatic rings. The van der Waals surface area contributed by atoms with E-state index in [1.54, 1.807) is 0 Å². The normalized spacial score (nSPS) is 28.5. The SMILES string of the molecule is CN1C(=O)N(C2CCCN(CC3COc4ccccc4O3)C2)CC1(C)C. The number of carbonyl (C=O) groups excluding carboxylic acids is 1. The zero-order valence-electron chi connectivity index (χ0n) is 16.0. The van der Waals surface area contributed by atoms with Crippen LogP contribution in [0.2, 0.25) is 0 Å². The van der Waals surface area contributed by atoms with Crippen molar-refractivity contribution in [2.24, 2.45) is 0 Å². The number of amides is 2. The number of hydrogen-bond donors (Lipinski definition) is 0. The molecule has 2 fully saturated rings. The summed E-state index contributed by atoms with van der Waals surface area (Å²) in [4.78, 5) is 19.0. The highest BCUT2D eigenvalue weighted by atomic mass is 16.6. The highest BCUT2D eigenvalue weighted by Crippen LogP contribution is 2.32. The number of carbonyl (C=O) groups is 1. The van der Waals surface area contributed by atoms with Gasteiger partial charge in [-0.05, 0) is 45.4 Å². The van der Waals surface area contributed by atoms with E-state index in [0.717, 1.165) is 50.5 Å². The molecule has 2 unspecified atom stereocenters. The monoisotopic (exact) mass is 359 g/mol. The Bertz CT molecular complexity index is 678. The van der Waals surface area contributed by atoms with E-state index in [1.807, 2.05) is 36.2 Å². The lowest BCUT2D eigenvalue weighted by molar-refractivity contribution is 0.0397. The molecule has 2 saturated heterocycles. The van der Waals surface area contributed by atoms with Crippen molar-refractivity contribution in [1.82, 2.24) is 14.7 Å². The summed E-state index contributed by atoms with van der Waals surface area (Å²) in [6.45, 7) is 8.46. The van der Waals surface area contributed by atoms with Crippen molar-refractivity contribution in [2.45, 2.75) is 44.4 Å². The molecule has 3 heterocycles. The van der Waals surface area contributed by atoms with Gasteiger partial charge in [0.2, 0.25) is 0 Å². The molecule has 26 heavy (non-hydrogen) atoms. The molecule has 0 spiro atoms. The largest absolute Gasteiger partial charge is 0.486 e. The fraction of sp³-hybridized carbons (Fsp3) is 0.650. The van der Waals surface area contributed by atoms with Gasteiger partial charge in [-0.1, -0.05) is 12.1 Å². The van der Waals surface area contributed by atoms with Crippen LogP contribution in [-0.2, 0) is 0 Å². The Morgan fingerprint density at radius 1 is 1.23 bits per heavy atom. The van der Waals surface area contributed by atoms with Gasteiger partial charge in [-0.3, -0.25) is 4.90 Å². The average molecular weight is 359 g/mol. The summed E-state index contributed by atoms with van der Waals surface area (Å²) in [6, 6.07) is 8.29. The molecule has 2 atom stereocenters. The number of piperidine rings is 1. The number of fused-ring (bicyclic) bond motifs is 1. The van der Waals surface area contributed by atoms with Crippen molar-refractivity contribution in [3.05, 3.63) is 24.3 Å². The quantitative estimate of drug-likeness (QED) is 0.832. The summed E-state index contributed by atoms with van der Waals surface area (Å²) < 4.78 is 12.0. The van der Waals surface area contributed by atoms with Gasteiger partial charge in [0.25, 0.3) is 0 Å². The van der Waals surface area contributed by atoms with Crippen LogP contribution in [0.5, 0.6) is 11.5 Å². The second kappa shape index (κ2) is 6.65. The van der Waals surface area contributed by atoms with Crippen LogP contribution in [0.4, 0.5) is 4.79 Å². The smallest absolute Gasteiger partial charge is 0.320 e. The van der Waals surface area contributed by atoms with E-state index in [-0.39, 0.29) is 23.7 Å². The van der Waals surface area contributed by atoms with Crippen molar-refractivity contribution in [3.63, 3.8) is 0 Å². The van der Waals surface area contributed by atoms with Crippen LogP contribution in [0.3, 0.4) is 0 Å². The van der Waals surface area contributed by atoms with E-state index in [9.17, 15) is 4.79 Å². The Labute approximate surface area is 155 Å². The third kappa shape index (κ3) is 3.22. The van der Waals surface area contributed by atoms with Gasteiger partial charge in [0.1, 0.15) is 12.7 Å². The van der Waals surface area contributed by atoms with Crippen molar-refractivity contribution in [3.8, 4) is 11.5 Å². The predicted octanol–water partition coefficient (Wildman–Crippen LogP) is 2.44. The molecule has 4 rings (SSSR count). The third-order valence-electron chi connectivity index (χ3n) is 5.95. The molecule has 6 nitrogen and oxygen atoms in total. The van der Waals surface area contributed by atoms with Crippen molar-refractivity contribution in [2.75, 3.05) is 39.8 Å². The highest BCUT2D eigenvalue weighted by Gasteiger charge is 2.44. The highest BCUT2D eigenvalue weighted by molar-refractivity contribution is 5.78. The van der Waals surface area contributed by atoms with Gasteiger partial charge in [0, 0.05) is 32.7 Å². The molecule has 1 aromatic carbocycles. The maximum Gasteiger partial charge on any atom is 0.320 e. The van der Waals surface area contributed by atoms with Crippen LogP contribution in [0.1, 0.15) is 26.7 Å². The molecule has 0 radical (unpaired) electrons. The Balaban J connectivity index is 1.37. The van der Waals surface area contributed by atoms with Gasteiger partial charge in [-0.2, -0.15) is 0 Å². The summed E-state index contributed by atoms with van der Waals surface area (Å²) in [6.07, 6.45) is 2.23. The average Bonchev–Trinajstić information content (AvgIpc) is 2.85. The first-order valence-corrected chi connectivity index (χ1v) is 9.59. The molecule has 3 aliphatic rings. The number of para-hydroxylation sites is 2. The van der Waals surface area contributed by atoms with E-state index in [2.05, 4.69) is 23.6 Å². The third-order valence-corrected chi connectivity index (χ3v) is 5.95. The zero-order valence-corrected chi connectivity index (χ0v) is 16.0. The first-order chi connectivity index (χ1) is 12.4. The minimum Gasteiger partial charge on any atom is -0.486 e. The maximum absolute atomic E-state index is 12.6. The number of ether oxygens (including phenoxy) is 2. The molecule has 0 bridgehead atoms. The minimum absolute atomic E-state index is 0.0389. The topological polar surface area (TPSA) is 45.3 Å². The fourth-order valence-corrected chi connectivity index (χ4v) is 4.22. The Kier molecular flexibility index (Phi) is 4.47. The second-order valence-electron chi connectivity index (χ2n) is 8.34. The van der Waals surface area contributed by atoms with E-state index in [4.69, 9.17) is 9.47 Å². The lowest BCUT2D eigenvalue weighted by Crippen LogP contribution is -2.52. The number of likely N-dealkylation sites (tertiary alicyclic amines) is 1. The van der Waals surface area contributed by atoms with Gasteiger partial charge < -0.3 is 19.3 Å². The molecule has 3 aliphatic heterocycles. The first kappa shape index (κ1) is 17.5. The fourth-order valence-electron chi connectivity index (χ4n) is 4.22. The summed E-state index contributed by atoms with van der Waals surface area (Å²) in [7, 11) is 1.91. The standard InChI is InChI=1S/C20H29N3O3/c1-20(2)14-23(19(24)21(20)3)15-7-6-10-22(11-15)12-16-13-25-17-8-4-5-9-18(17)26-16/h4-5,8-9,15-16H,6-7,10-14H2,1-3H3. The van der Waals surface area contributed by atoms with Gasteiger partial charge in [-0.15, -0.1) is 0 Å². The predicted molar refractivity (Wildman–Crippen MR) is 99.8 cm³/mol. The number of nitrogens with zero attached hydrogens (tertiary/aromatic N) is 3. The molecule has 6 heteroatoms. The lowest BCUT2D eigenvalue weighted by atomic mass is 10.0. The van der Waals surface area contributed by atoms with Gasteiger partial charge in [0.15, 0.2) is 11.5 Å². The van der Waals surface area contributed by atoms with Crippen LogP contribution in [-0.4, -0.2) is 78.2 Å². The zero-order chi connectivity index (χ0) is 18.3. The molecular weight excluding hydrogens is 330 g/mol. The number of benzene rings is 1. The van der Waals surface area contributed by atoms with Crippen molar-refractivity contribution < 1.29 is 14.3 Å². The molecular formula is C20H29N3O3. The van der Waals surface area contributed by atoms with E-state index < -0.39 is 0 Å². The van der Waals surface area contributed by atoms with E-state index in [1.165, 1.54) is 0 Å².